The van der Waals surface area contributed by atoms with Crippen LogP contribution in [0.1, 0.15) is 19.5 Å². The van der Waals surface area contributed by atoms with Gasteiger partial charge in [0, 0.05) is 27.0 Å². The molecule has 2 aromatic rings. The molecule has 0 fully saturated rings. The summed E-state index contributed by atoms with van der Waals surface area (Å²) >= 11 is 5.91. The Labute approximate surface area is 93.9 Å². The largest absolute Gasteiger partial charge is 0.395 e. The number of hydrogen-bond donors (Lipinski definition) is 2. The summed E-state index contributed by atoms with van der Waals surface area (Å²) in [5, 5.41) is 11.1. The van der Waals surface area contributed by atoms with E-state index in [9.17, 15) is 5.11 Å². The number of aliphatic hydroxyl groups is 1. The van der Waals surface area contributed by atoms with Crippen molar-refractivity contribution >= 4 is 22.5 Å². The highest BCUT2D eigenvalue weighted by molar-refractivity contribution is 6.31. The van der Waals surface area contributed by atoms with E-state index in [1.807, 2.05) is 38.1 Å². The lowest BCUT2D eigenvalue weighted by Crippen LogP contribution is -2.22. The molecule has 1 aromatic carbocycles. The van der Waals surface area contributed by atoms with Crippen LogP contribution < -0.4 is 0 Å². The van der Waals surface area contributed by atoms with Crippen LogP contribution in [0.5, 0.6) is 0 Å². The third-order valence-electron chi connectivity index (χ3n) is 2.71. The lowest BCUT2D eigenvalue weighted by atomic mass is 9.91. The molecule has 0 unspecified atom stereocenters. The fourth-order valence-corrected chi connectivity index (χ4v) is 1.73. The number of halogens is 1. The molecule has 1 heterocycles. The Morgan fingerprint density at radius 1 is 1.33 bits per heavy atom. The van der Waals surface area contributed by atoms with Crippen LogP contribution in [0.4, 0.5) is 0 Å². The molecule has 80 valence electrons. The highest BCUT2D eigenvalue weighted by Gasteiger charge is 2.21. The van der Waals surface area contributed by atoms with Crippen LogP contribution in [-0.2, 0) is 5.41 Å². The summed E-state index contributed by atoms with van der Waals surface area (Å²) in [7, 11) is 0. The normalized spacial score (nSPS) is 12.3. The first-order valence-corrected chi connectivity index (χ1v) is 5.30. The monoisotopic (exact) mass is 223 g/mol. The highest BCUT2D eigenvalue weighted by atomic mass is 35.5. The molecule has 0 aliphatic rings. The Bertz CT molecular complexity index is 487. The highest BCUT2D eigenvalue weighted by Crippen LogP contribution is 2.27. The van der Waals surface area contributed by atoms with Crippen molar-refractivity contribution in [2.75, 3.05) is 6.61 Å². The summed E-state index contributed by atoms with van der Waals surface area (Å²) in [4.78, 5) is 3.30. The number of benzene rings is 1. The zero-order valence-electron chi connectivity index (χ0n) is 8.84. The fourth-order valence-electron chi connectivity index (χ4n) is 1.55. The van der Waals surface area contributed by atoms with E-state index in [0.29, 0.717) is 0 Å². The van der Waals surface area contributed by atoms with Gasteiger partial charge in [0.1, 0.15) is 0 Å². The number of aliphatic hydroxyl groups excluding tert-OH is 1. The SMILES string of the molecule is CC(C)(CO)c1cc2cc(Cl)ccc2[nH]1. The molecular weight excluding hydrogens is 210 g/mol. The number of nitrogens with one attached hydrogen (secondary N) is 1. The molecule has 0 aliphatic carbocycles. The van der Waals surface area contributed by atoms with E-state index in [1.165, 1.54) is 0 Å². The van der Waals surface area contributed by atoms with Gasteiger partial charge in [-0.2, -0.15) is 0 Å². The van der Waals surface area contributed by atoms with Crippen LogP contribution in [0, 0.1) is 0 Å². The van der Waals surface area contributed by atoms with E-state index < -0.39 is 0 Å². The second-order valence-electron chi connectivity index (χ2n) is 4.46. The Morgan fingerprint density at radius 3 is 2.73 bits per heavy atom. The first kappa shape index (κ1) is 10.5. The van der Waals surface area contributed by atoms with Crippen molar-refractivity contribution in [1.82, 2.24) is 4.98 Å². The third-order valence-corrected chi connectivity index (χ3v) is 2.94. The van der Waals surface area contributed by atoms with E-state index in [2.05, 4.69) is 4.98 Å². The molecule has 0 radical (unpaired) electrons. The van der Waals surface area contributed by atoms with E-state index in [1.54, 1.807) is 0 Å². The predicted octanol–water partition coefficient (Wildman–Crippen LogP) is 3.09. The molecule has 0 amide bonds. The zero-order valence-corrected chi connectivity index (χ0v) is 9.60. The van der Waals surface area contributed by atoms with Crippen LogP contribution >= 0.6 is 11.6 Å². The predicted molar refractivity (Wildman–Crippen MR) is 63.4 cm³/mol. The molecule has 0 saturated heterocycles. The second kappa shape index (κ2) is 3.54. The van der Waals surface area contributed by atoms with Crippen molar-refractivity contribution in [3.8, 4) is 0 Å². The molecule has 2 nitrogen and oxygen atoms in total. The lowest BCUT2D eigenvalue weighted by molar-refractivity contribution is 0.216. The number of aromatic amines is 1. The average Bonchev–Trinajstić information content (AvgIpc) is 2.61. The molecular formula is C12H14ClNO. The summed E-state index contributed by atoms with van der Waals surface area (Å²) in [6.07, 6.45) is 0. The van der Waals surface area contributed by atoms with Gasteiger partial charge in [0.05, 0.1) is 6.61 Å². The summed E-state index contributed by atoms with van der Waals surface area (Å²) in [6.45, 7) is 4.12. The van der Waals surface area contributed by atoms with Crippen molar-refractivity contribution in [3.05, 3.63) is 35.0 Å². The molecule has 3 heteroatoms. The van der Waals surface area contributed by atoms with Crippen LogP contribution in [0.3, 0.4) is 0 Å². The third kappa shape index (κ3) is 1.87. The summed E-state index contributed by atoms with van der Waals surface area (Å²) in [5.41, 5.74) is 1.84. The number of rotatable bonds is 2. The van der Waals surface area contributed by atoms with Gasteiger partial charge in [0.25, 0.3) is 0 Å². The van der Waals surface area contributed by atoms with Crippen molar-refractivity contribution in [1.29, 1.82) is 0 Å². The fraction of sp³-hybridized carbons (Fsp3) is 0.333. The first-order chi connectivity index (χ1) is 7.03. The average molecular weight is 224 g/mol. The Balaban J connectivity index is 2.56. The second-order valence-corrected chi connectivity index (χ2v) is 4.89. The van der Waals surface area contributed by atoms with Crippen molar-refractivity contribution in [2.24, 2.45) is 0 Å². The molecule has 0 atom stereocenters. The van der Waals surface area contributed by atoms with Crippen LogP contribution in [0.2, 0.25) is 5.02 Å². The standard InChI is InChI=1S/C12H14ClNO/c1-12(2,7-15)11-6-8-5-9(13)3-4-10(8)14-11/h3-6,14-15H,7H2,1-2H3. The van der Waals surface area contributed by atoms with Gasteiger partial charge in [-0.25, -0.2) is 0 Å². The summed E-state index contributed by atoms with van der Waals surface area (Å²) < 4.78 is 0. The van der Waals surface area contributed by atoms with Crippen molar-refractivity contribution in [2.45, 2.75) is 19.3 Å². The van der Waals surface area contributed by atoms with Crippen molar-refractivity contribution in [3.63, 3.8) is 0 Å². The maximum Gasteiger partial charge on any atom is 0.0536 e. The minimum absolute atomic E-state index is 0.119. The van der Waals surface area contributed by atoms with Crippen LogP contribution in [-0.4, -0.2) is 16.7 Å². The lowest BCUT2D eigenvalue weighted by Gasteiger charge is -2.19. The topological polar surface area (TPSA) is 36.0 Å². The molecule has 1 aromatic heterocycles. The molecule has 2 N–H and O–H groups in total. The first-order valence-electron chi connectivity index (χ1n) is 4.92. The molecule has 0 saturated carbocycles. The Morgan fingerprint density at radius 2 is 2.07 bits per heavy atom. The minimum atomic E-state index is -0.245. The van der Waals surface area contributed by atoms with E-state index >= 15 is 0 Å². The number of H-pyrrole nitrogens is 1. The van der Waals surface area contributed by atoms with Crippen LogP contribution in [0.25, 0.3) is 10.9 Å². The van der Waals surface area contributed by atoms with Gasteiger partial charge < -0.3 is 10.1 Å². The Hall–Kier alpha value is -0.990. The molecule has 0 spiro atoms. The van der Waals surface area contributed by atoms with Gasteiger partial charge >= 0.3 is 0 Å². The maximum absolute atomic E-state index is 9.28. The van der Waals surface area contributed by atoms with Gasteiger partial charge in [0.2, 0.25) is 0 Å². The number of fused-ring (bicyclic) bond motifs is 1. The van der Waals surface area contributed by atoms with Crippen LogP contribution in [0.15, 0.2) is 24.3 Å². The van der Waals surface area contributed by atoms with Gasteiger partial charge in [0.15, 0.2) is 0 Å². The Kier molecular flexibility index (Phi) is 2.49. The van der Waals surface area contributed by atoms with E-state index in [-0.39, 0.29) is 12.0 Å². The van der Waals surface area contributed by atoms with Gasteiger partial charge in [-0.05, 0) is 24.3 Å². The summed E-state index contributed by atoms with van der Waals surface area (Å²) in [5.74, 6) is 0. The zero-order chi connectivity index (χ0) is 11.1. The molecule has 15 heavy (non-hydrogen) atoms. The molecule has 0 aliphatic heterocycles. The maximum atomic E-state index is 9.28. The van der Waals surface area contributed by atoms with Gasteiger partial charge in [-0.3, -0.25) is 0 Å². The van der Waals surface area contributed by atoms with Gasteiger partial charge in [-0.15, -0.1) is 0 Å². The van der Waals surface area contributed by atoms with E-state index in [0.717, 1.165) is 21.6 Å². The molecule has 0 bridgehead atoms. The summed E-state index contributed by atoms with van der Waals surface area (Å²) in [6, 6.07) is 7.77. The van der Waals surface area contributed by atoms with E-state index in [4.69, 9.17) is 11.6 Å². The minimum Gasteiger partial charge on any atom is -0.395 e. The smallest absolute Gasteiger partial charge is 0.0536 e. The number of aromatic nitrogens is 1. The molecule has 2 rings (SSSR count). The van der Waals surface area contributed by atoms with Crippen molar-refractivity contribution < 1.29 is 5.11 Å². The number of hydrogen-bond acceptors (Lipinski definition) is 1. The quantitative estimate of drug-likeness (QED) is 0.807. The van der Waals surface area contributed by atoms with Gasteiger partial charge in [-0.1, -0.05) is 25.4 Å².